The molecule has 0 saturated carbocycles. The monoisotopic (exact) mass is 438 g/mol. The second kappa shape index (κ2) is 9.94. The summed E-state index contributed by atoms with van der Waals surface area (Å²) in [5, 5.41) is 2.88. The van der Waals surface area contributed by atoms with Gasteiger partial charge >= 0.3 is 0 Å². The lowest BCUT2D eigenvalue weighted by Crippen LogP contribution is -2.49. The summed E-state index contributed by atoms with van der Waals surface area (Å²) in [5.74, 6) is 1.64. The molecule has 0 spiro atoms. The van der Waals surface area contributed by atoms with Crippen LogP contribution in [0.3, 0.4) is 0 Å². The highest BCUT2D eigenvalue weighted by atomic mass is 16.5. The molecule has 32 heavy (non-hydrogen) atoms. The quantitative estimate of drug-likeness (QED) is 0.755. The smallest absolute Gasteiger partial charge is 0.260 e. The van der Waals surface area contributed by atoms with Crippen molar-refractivity contribution in [1.82, 2.24) is 4.90 Å². The molecule has 1 N–H and O–H groups in total. The fourth-order valence-corrected chi connectivity index (χ4v) is 4.28. The van der Waals surface area contributed by atoms with Crippen LogP contribution >= 0.6 is 0 Å². The van der Waals surface area contributed by atoms with Gasteiger partial charge in [0.15, 0.2) is 18.1 Å². The van der Waals surface area contributed by atoms with Gasteiger partial charge < -0.3 is 24.4 Å². The first-order valence-electron chi connectivity index (χ1n) is 11.3. The van der Waals surface area contributed by atoms with E-state index in [9.17, 15) is 9.59 Å². The number of carbonyl (C=O) groups is 2. The van der Waals surface area contributed by atoms with Crippen molar-refractivity contribution < 1.29 is 23.8 Å². The Labute approximate surface area is 188 Å². The van der Waals surface area contributed by atoms with Crippen molar-refractivity contribution in [3.63, 3.8) is 0 Å². The van der Waals surface area contributed by atoms with E-state index in [-0.39, 0.29) is 30.5 Å². The predicted octanol–water partition coefficient (Wildman–Crippen LogP) is 4.27. The van der Waals surface area contributed by atoms with E-state index in [0.29, 0.717) is 41.7 Å². The molecule has 7 nitrogen and oxygen atoms in total. The number of amides is 2. The highest BCUT2D eigenvalue weighted by molar-refractivity contribution is 6.04. The summed E-state index contributed by atoms with van der Waals surface area (Å²) in [6.07, 6.45) is 4.04. The Bertz CT molecular complexity index is 949. The van der Waals surface area contributed by atoms with Gasteiger partial charge in [-0.05, 0) is 69.5 Å². The molecule has 4 rings (SSSR count). The normalized spacial score (nSPS) is 20.2. The molecular weight excluding hydrogens is 408 g/mol. The third-order valence-corrected chi connectivity index (χ3v) is 5.97. The van der Waals surface area contributed by atoms with Gasteiger partial charge in [0, 0.05) is 35.8 Å². The van der Waals surface area contributed by atoms with Gasteiger partial charge in [-0.3, -0.25) is 9.59 Å². The van der Waals surface area contributed by atoms with Gasteiger partial charge in [-0.2, -0.15) is 0 Å². The van der Waals surface area contributed by atoms with Crippen LogP contribution in [0.1, 0.15) is 49.9 Å². The molecule has 0 bridgehead atoms. The summed E-state index contributed by atoms with van der Waals surface area (Å²) in [6.45, 7) is 5.38. The maximum atomic E-state index is 12.6. The number of likely N-dealkylation sites (tertiary alicyclic amines) is 1. The molecule has 0 radical (unpaired) electrons. The van der Waals surface area contributed by atoms with E-state index < -0.39 is 0 Å². The van der Waals surface area contributed by atoms with Crippen LogP contribution in [0, 0.1) is 0 Å². The van der Waals surface area contributed by atoms with Crippen molar-refractivity contribution in [3.8, 4) is 17.2 Å². The number of nitrogens with one attached hydrogen (secondary N) is 1. The highest BCUT2D eigenvalue weighted by Crippen LogP contribution is 2.32. The van der Waals surface area contributed by atoms with E-state index >= 15 is 0 Å². The van der Waals surface area contributed by atoms with Gasteiger partial charge in [0.25, 0.3) is 11.8 Å². The van der Waals surface area contributed by atoms with Gasteiger partial charge in [0.05, 0.1) is 13.2 Å². The third kappa shape index (κ3) is 5.15. The maximum absolute atomic E-state index is 12.6. The Hall–Kier alpha value is -3.22. The minimum Gasteiger partial charge on any atom is -0.490 e. The lowest BCUT2D eigenvalue weighted by Gasteiger charge is -2.38. The third-order valence-electron chi connectivity index (χ3n) is 5.97. The molecule has 2 heterocycles. The van der Waals surface area contributed by atoms with Crippen molar-refractivity contribution in [2.45, 2.75) is 51.6 Å². The fraction of sp³-hybridized carbons (Fsp3) is 0.440. The first kappa shape index (κ1) is 22.0. The topological polar surface area (TPSA) is 77.1 Å². The number of fused-ring (bicyclic) bond motifs is 1. The molecule has 2 aliphatic rings. The van der Waals surface area contributed by atoms with Gasteiger partial charge in [-0.25, -0.2) is 0 Å². The average Bonchev–Trinajstić information content (AvgIpc) is 3.03. The van der Waals surface area contributed by atoms with Crippen molar-refractivity contribution in [1.29, 1.82) is 0 Å². The van der Waals surface area contributed by atoms with Crippen molar-refractivity contribution in [3.05, 3.63) is 48.0 Å². The van der Waals surface area contributed by atoms with Crippen LogP contribution in [-0.4, -0.2) is 48.6 Å². The number of carbonyl (C=O) groups excluding carboxylic acids is 2. The van der Waals surface area contributed by atoms with Gasteiger partial charge in [-0.15, -0.1) is 0 Å². The summed E-state index contributed by atoms with van der Waals surface area (Å²) in [7, 11) is 0. The predicted molar refractivity (Wildman–Crippen MR) is 122 cm³/mol. The summed E-state index contributed by atoms with van der Waals surface area (Å²) in [4.78, 5) is 27.2. The maximum Gasteiger partial charge on any atom is 0.260 e. The minimum absolute atomic E-state index is 0.000859. The number of hydrogen-bond donors (Lipinski definition) is 1. The molecule has 2 aliphatic heterocycles. The molecule has 0 aromatic heterocycles. The van der Waals surface area contributed by atoms with E-state index in [0.717, 1.165) is 25.7 Å². The second-order valence-corrected chi connectivity index (χ2v) is 8.41. The van der Waals surface area contributed by atoms with Gasteiger partial charge in [-0.1, -0.05) is 0 Å². The second-order valence-electron chi connectivity index (χ2n) is 8.41. The van der Waals surface area contributed by atoms with Crippen LogP contribution in [-0.2, 0) is 4.79 Å². The van der Waals surface area contributed by atoms with E-state index in [1.54, 1.807) is 42.5 Å². The van der Waals surface area contributed by atoms with Crippen molar-refractivity contribution in [2.24, 2.45) is 0 Å². The molecular formula is C25H30N2O5. The molecule has 2 atom stereocenters. The Kier molecular flexibility index (Phi) is 6.83. The number of anilines is 1. The molecule has 1 saturated heterocycles. The standard InChI is InChI=1S/C25H30N2O5/c1-17-5-3-6-18(2)27(17)24(28)16-32-21-10-7-19(8-11-21)25(29)26-20-9-12-22-23(15-20)31-14-4-13-30-22/h7-12,15,17-18H,3-6,13-14,16H2,1-2H3,(H,26,29). The number of hydrogen-bond acceptors (Lipinski definition) is 5. The zero-order valence-corrected chi connectivity index (χ0v) is 18.6. The minimum atomic E-state index is -0.238. The average molecular weight is 439 g/mol. The molecule has 1 fully saturated rings. The Balaban J connectivity index is 1.33. The number of benzene rings is 2. The molecule has 170 valence electrons. The largest absolute Gasteiger partial charge is 0.490 e. The highest BCUT2D eigenvalue weighted by Gasteiger charge is 2.29. The van der Waals surface area contributed by atoms with Crippen molar-refractivity contribution in [2.75, 3.05) is 25.1 Å². The summed E-state index contributed by atoms with van der Waals surface area (Å²) >= 11 is 0. The number of piperidine rings is 1. The number of rotatable bonds is 5. The van der Waals surface area contributed by atoms with Crippen LogP contribution < -0.4 is 19.5 Å². The van der Waals surface area contributed by atoms with Gasteiger partial charge in [0.1, 0.15) is 5.75 Å². The zero-order valence-electron chi connectivity index (χ0n) is 18.6. The summed E-state index contributed by atoms with van der Waals surface area (Å²) in [5.41, 5.74) is 1.13. The van der Waals surface area contributed by atoms with Gasteiger partial charge in [0.2, 0.25) is 0 Å². The molecule has 2 aromatic carbocycles. The Morgan fingerprint density at radius 1 is 0.969 bits per heavy atom. The first-order valence-corrected chi connectivity index (χ1v) is 11.3. The lowest BCUT2D eigenvalue weighted by molar-refractivity contribution is -0.139. The van der Waals surface area contributed by atoms with E-state index in [1.165, 1.54) is 0 Å². The van der Waals surface area contributed by atoms with E-state index in [4.69, 9.17) is 14.2 Å². The van der Waals surface area contributed by atoms with Crippen LogP contribution in [0.5, 0.6) is 17.2 Å². The number of ether oxygens (including phenoxy) is 3. The van der Waals surface area contributed by atoms with E-state index in [1.807, 2.05) is 4.90 Å². The van der Waals surface area contributed by atoms with Crippen LogP contribution in [0.4, 0.5) is 5.69 Å². The first-order chi connectivity index (χ1) is 15.5. The molecule has 0 aliphatic carbocycles. The molecule has 2 unspecified atom stereocenters. The van der Waals surface area contributed by atoms with Crippen LogP contribution in [0.2, 0.25) is 0 Å². The Morgan fingerprint density at radius 3 is 2.38 bits per heavy atom. The van der Waals surface area contributed by atoms with Crippen LogP contribution in [0.25, 0.3) is 0 Å². The summed E-state index contributed by atoms with van der Waals surface area (Å²) in [6, 6.07) is 12.6. The zero-order chi connectivity index (χ0) is 22.5. The molecule has 7 heteroatoms. The fourth-order valence-electron chi connectivity index (χ4n) is 4.28. The van der Waals surface area contributed by atoms with Crippen molar-refractivity contribution >= 4 is 17.5 Å². The van der Waals surface area contributed by atoms with Crippen LogP contribution in [0.15, 0.2) is 42.5 Å². The molecule has 2 aromatic rings. The summed E-state index contributed by atoms with van der Waals surface area (Å²) < 4.78 is 17.0. The SMILES string of the molecule is CC1CCCC(C)N1C(=O)COc1ccc(C(=O)Nc2ccc3c(c2)OCCCO3)cc1. The number of nitrogens with zero attached hydrogens (tertiary/aromatic N) is 1. The Morgan fingerprint density at radius 2 is 1.66 bits per heavy atom. The lowest BCUT2D eigenvalue weighted by atomic mass is 9.97. The van der Waals surface area contributed by atoms with E-state index in [2.05, 4.69) is 19.2 Å². The molecule has 2 amide bonds.